The summed E-state index contributed by atoms with van der Waals surface area (Å²) in [5.74, 6) is -0.428. The van der Waals surface area contributed by atoms with Crippen LogP contribution in [0.15, 0.2) is 0 Å². The first kappa shape index (κ1) is 18.3. The first-order valence-electron chi connectivity index (χ1n) is 6.14. The van der Waals surface area contributed by atoms with Crippen LogP contribution in [-0.2, 0) is 19.7 Å². The lowest BCUT2D eigenvalue weighted by atomic mass is 10.2. The molecule has 1 atom stereocenters. The van der Waals surface area contributed by atoms with Crippen LogP contribution in [0.3, 0.4) is 0 Å². The fourth-order valence-corrected chi connectivity index (χ4v) is 2.46. The molecule has 1 N–H and O–H groups in total. The minimum Gasteiger partial charge on any atom is -0.469 e. The molecule has 0 amide bonds. The van der Waals surface area contributed by atoms with Gasteiger partial charge in [-0.3, -0.25) is 4.79 Å². The fourth-order valence-electron chi connectivity index (χ4n) is 1.33. The number of nitrogens with zero attached hydrogens (tertiary/aromatic N) is 2. The third-order valence-electron chi connectivity index (χ3n) is 2.63. The summed E-state index contributed by atoms with van der Waals surface area (Å²) in [6.07, 6.45) is 0.761. The average molecular weight is 295 g/mol. The number of rotatable bonds is 9. The molecule has 0 aliphatic carbocycles. The normalized spacial score (nSPS) is 13.8. The van der Waals surface area contributed by atoms with Gasteiger partial charge in [0, 0.05) is 19.6 Å². The van der Waals surface area contributed by atoms with Crippen molar-refractivity contribution in [2.45, 2.75) is 25.8 Å². The maximum Gasteiger partial charge on any atom is 0.306 e. The molecule has 114 valence electrons. The van der Waals surface area contributed by atoms with E-state index < -0.39 is 16.2 Å². The molecule has 0 aromatic rings. The topological polar surface area (TPSA) is 78.9 Å². The zero-order chi connectivity index (χ0) is 15.1. The highest BCUT2D eigenvalue weighted by molar-refractivity contribution is 7.87. The van der Waals surface area contributed by atoms with Gasteiger partial charge < -0.3 is 9.64 Å². The number of carbonyl (C=O) groups excluding carboxylic acids is 1. The van der Waals surface area contributed by atoms with E-state index in [-0.39, 0.29) is 19.0 Å². The Bertz CT molecular complexity index is 370. The largest absolute Gasteiger partial charge is 0.469 e. The molecule has 8 heteroatoms. The number of esters is 1. The van der Waals surface area contributed by atoms with Crippen LogP contribution in [0.4, 0.5) is 0 Å². The average Bonchev–Trinajstić information content (AvgIpc) is 2.32. The lowest BCUT2D eigenvalue weighted by Crippen LogP contribution is -2.44. The van der Waals surface area contributed by atoms with Crippen LogP contribution in [0.2, 0.25) is 0 Å². The summed E-state index contributed by atoms with van der Waals surface area (Å²) in [7, 11) is 3.02. The van der Waals surface area contributed by atoms with Crippen LogP contribution in [0.25, 0.3) is 0 Å². The highest BCUT2D eigenvalue weighted by atomic mass is 32.2. The number of ether oxygens (including phenoxy) is 1. The molecule has 7 nitrogen and oxygen atoms in total. The smallest absolute Gasteiger partial charge is 0.306 e. The van der Waals surface area contributed by atoms with Gasteiger partial charge in [0.15, 0.2) is 0 Å². The van der Waals surface area contributed by atoms with E-state index in [4.69, 9.17) is 0 Å². The van der Waals surface area contributed by atoms with Gasteiger partial charge in [-0.05, 0) is 34.0 Å². The van der Waals surface area contributed by atoms with Gasteiger partial charge in [-0.2, -0.15) is 17.4 Å². The second-order valence-corrected chi connectivity index (χ2v) is 6.57. The van der Waals surface area contributed by atoms with Crippen LogP contribution >= 0.6 is 0 Å². The SMILES string of the molecule is COC(=O)CCN(C)S(=O)(=O)NC(C)CCN(C)C. The number of nitrogens with one attached hydrogen (secondary N) is 1. The van der Waals surface area contributed by atoms with Gasteiger partial charge in [0.2, 0.25) is 0 Å². The maximum atomic E-state index is 11.9. The summed E-state index contributed by atoms with van der Waals surface area (Å²) in [4.78, 5) is 13.0. The van der Waals surface area contributed by atoms with Crippen molar-refractivity contribution in [1.82, 2.24) is 13.9 Å². The van der Waals surface area contributed by atoms with Gasteiger partial charge in [0.05, 0.1) is 13.5 Å². The quantitative estimate of drug-likeness (QED) is 0.589. The molecular formula is C11H25N3O4S. The van der Waals surface area contributed by atoms with Gasteiger partial charge in [-0.25, -0.2) is 0 Å². The molecule has 0 fully saturated rings. The molecule has 0 rings (SSSR count). The van der Waals surface area contributed by atoms with Crippen molar-refractivity contribution < 1.29 is 17.9 Å². The third kappa shape index (κ3) is 8.14. The van der Waals surface area contributed by atoms with Crippen molar-refractivity contribution in [3.8, 4) is 0 Å². The second kappa shape index (κ2) is 8.47. The highest BCUT2D eigenvalue weighted by Crippen LogP contribution is 2.01. The predicted molar refractivity (Wildman–Crippen MR) is 74.0 cm³/mol. The molecule has 0 spiro atoms. The summed E-state index contributed by atoms with van der Waals surface area (Å²) >= 11 is 0. The van der Waals surface area contributed by atoms with E-state index in [9.17, 15) is 13.2 Å². The summed E-state index contributed by atoms with van der Waals surface area (Å²) in [6, 6.07) is -0.159. The standard InChI is InChI=1S/C11H25N3O4S/c1-10(6-8-13(2)3)12-19(16,17)14(4)9-7-11(15)18-5/h10,12H,6-9H2,1-5H3. The predicted octanol–water partition coefficient (Wildman–Crippen LogP) is -0.344. The highest BCUT2D eigenvalue weighted by Gasteiger charge is 2.20. The van der Waals surface area contributed by atoms with Crippen LogP contribution in [0.5, 0.6) is 0 Å². The lowest BCUT2D eigenvalue weighted by Gasteiger charge is -2.21. The Morgan fingerprint density at radius 2 is 1.84 bits per heavy atom. The summed E-state index contributed by atoms with van der Waals surface area (Å²) in [6.45, 7) is 2.72. The first-order chi connectivity index (χ1) is 8.69. The Labute approximate surface area is 116 Å². The van der Waals surface area contributed by atoms with Gasteiger partial charge in [-0.1, -0.05) is 0 Å². The maximum absolute atomic E-state index is 11.9. The van der Waals surface area contributed by atoms with Crippen LogP contribution in [0, 0.1) is 0 Å². The number of carbonyl (C=O) groups is 1. The Morgan fingerprint density at radius 3 is 2.32 bits per heavy atom. The Balaban J connectivity index is 4.25. The molecule has 0 saturated heterocycles. The molecule has 1 unspecified atom stereocenters. The van der Waals surface area contributed by atoms with Crippen molar-refractivity contribution >= 4 is 16.2 Å². The lowest BCUT2D eigenvalue weighted by molar-refractivity contribution is -0.140. The van der Waals surface area contributed by atoms with E-state index in [1.807, 2.05) is 25.9 Å². The number of hydrogen-bond donors (Lipinski definition) is 1. The number of methoxy groups -OCH3 is 1. The van der Waals surface area contributed by atoms with Crippen LogP contribution < -0.4 is 4.72 Å². The molecule has 19 heavy (non-hydrogen) atoms. The Morgan fingerprint density at radius 1 is 1.26 bits per heavy atom. The van der Waals surface area contributed by atoms with Gasteiger partial charge in [-0.15, -0.1) is 0 Å². The van der Waals surface area contributed by atoms with E-state index in [0.29, 0.717) is 0 Å². The molecule has 0 aliphatic rings. The Kier molecular flexibility index (Phi) is 8.15. The van der Waals surface area contributed by atoms with Crippen molar-refractivity contribution in [2.24, 2.45) is 0 Å². The summed E-state index contributed by atoms with van der Waals surface area (Å²) in [5.41, 5.74) is 0. The zero-order valence-electron chi connectivity index (χ0n) is 12.3. The summed E-state index contributed by atoms with van der Waals surface area (Å²) in [5, 5.41) is 0. The summed E-state index contributed by atoms with van der Waals surface area (Å²) < 4.78 is 32.0. The minimum atomic E-state index is -3.55. The Hall–Kier alpha value is -0.700. The monoisotopic (exact) mass is 295 g/mol. The zero-order valence-corrected chi connectivity index (χ0v) is 13.2. The molecule has 0 aromatic carbocycles. The van der Waals surface area contributed by atoms with Crippen molar-refractivity contribution in [3.05, 3.63) is 0 Å². The molecule has 0 bridgehead atoms. The number of hydrogen-bond acceptors (Lipinski definition) is 5. The minimum absolute atomic E-state index is 0.0417. The van der Waals surface area contributed by atoms with Gasteiger partial charge in [0.1, 0.15) is 0 Å². The van der Waals surface area contributed by atoms with E-state index >= 15 is 0 Å². The van der Waals surface area contributed by atoms with E-state index in [0.717, 1.165) is 17.3 Å². The van der Waals surface area contributed by atoms with Gasteiger partial charge >= 0.3 is 5.97 Å². The van der Waals surface area contributed by atoms with E-state index in [2.05, 4.69) is 9.46 Å². The molecule has 0 aliphatic heterocycles. The van der Waals surface area contributed by atoms with Crippen molar-refractivity contribution in [3.63, 3.8) is 0 Å². The fraction of sp³-hybridized carbons (Fsp3) is 0.909. The van der Waals surface area contributed by atoms with E-state index in [1.54, 1.807) is 0 Å². The first-order valence-corrected chi connectivity index (χ1v) is 7.58. The molecule has 0 saturated carbocycles. The van der Waals surface area contributed by atoms with Gasteiger partial charge in [0.25, 0.3) is 10.2 Å². The molecular weight excluding hydrogens is 270 g/mol. The van der Waals surface area contributed by atoms with Crippen LogP contribution in [0.1, 0.15) is 19.8 Å². The third-order valence-corrected chi connectivity index (χ3v) is 4.33. The molecule has 0 aromatic heterocycles. The van der Waals surface area contributed by atoms with Crippen LogP contribution in [-0.4, -0.2) is 71.0 Å². The molecule has 0 heterocycles. The second-order valence-electron chi connectivity index (χ2n) is 4.76. The van der Waals surface area contributed by atoms with Crippen molar-refractivity contribution in [1.29, 1.82) is 0 Å². The molecule has 0 radical (unpaired) electrons. The van der Waals surface area contributed by atoms with E-state index in [1.165, 1.54) is 14.2 Å². The van der Waals surface area contributed by atoms with Crippen molar-refractivity contribution in [2.75, 3.05) is 41.3 Å².